The summed E-state index contributed by atoms with van der Waals surface area (Å²) in [5, 5.41) is 7.96. The fourth-order valence-electron chi connectivity index (χ4n) is 3.03. The van der Waals surface area contributed by atoms with Crippen molar-refractivity contribution in [1.82, 2.24) is 0 Å². The Balaban J connectivity index is 2.38. The number of hydrogen-bond donors (Lipinski definition) is 0. The molecule has 150 valence electrons. The number of benzene rings is 1. The first-order valence-electron chi connectivity index (χ1n) is 8.68. The van der Waals surface area contributed by atoms with E-state index in [1.54, 1.807) is 18.3 Å². The Morgan fingerprint density at radius 1 is 1.37 bits per heavy atom. The zero-order valence-corrected chi connectivity index (χ0v) is 16.3. The lowest BCUT2D eigenvalue weighted by Crippen LogP contribution is -2.40. The van der Waals surface area contributed by atoms with Gasteiger partial charge in [-0.25, -0.2) is 8.42 Å². The van der Waals surface area contributed by atoms with E-state index in [0.29, 0.717) is 12.2 Å². The number of sulfone groups is 1. The number of nitriles is 1. The van der Waals surface area contributed by atoms with Gasteiger partial charge in [0.05, 0.1) is 5.69 Å². The molecule has 1 aliphatic rings. The van der Waals surface area contributed by atoms with Gasteiger partial charge in [-0.3, -0.25) is 4.90 Å². The van der Waals surface area contributed by atoms with E-state index >= 15 is 0 Å². The Bertz CT molecular complexity index is 829. The van der Waals surface area contributed by atoms with Crippen molar-refractivity contribution in [3.63, 3.8) is 0 Å². The van der Waals surface area contributed by atoms with E-state index in [9.17, 15) is 26.9 Å². The first kappa shape index (κ1) is 21.4. The Morgan fingerprint density at radius 3 is 2.59 bits per heavy atom. The second kappa shape index (κ2) is 7.58. The van der Waals surface area contributed by atoms with Crippen LogP contribution < -0.4 is 9.64 Å². The highest BCUT2D eigenvalue weighted by molar-refractivity contribution is 7.92. The summed E-state index contributed by atoms with van der Waals surface area (Å²) in [6.45, 7) is 5.26. The molecular formula is C18H23F3N2O3S. The lowest BCUT2D eigenvalue weighted by atomic mass is 9.94. The molecule has 0 spiro atoms. The van der Waals surface area contributed by atoms with E-state index in [0.717, 1.165) is 16.9 Å². The fourth-order valence-corrected chi connectivity index (χ4v) is 4.38. The Hall–Kier alpha value is -1.95. The van der Waals surface area contributed by atoms with Crippen LogP contribution in [0.25, 0.3) is 0 Å². The predicted molar refractivity (Wildman–Crippen MR) is 96.1 cm³/mol. The van der Waals surface area contributed by atoms with Gasteiger partial charge in [-0.05, 0) is 56.9 Å². The maximum Gasteiger partial charge on any atom is 0.389 e. The Kier molecular flexibility index (Phi) is 6.00. The molecule has 1 unspecified atom stereocenters. The quantitative estimate of drug-likeness (QED) is 0.525. The molecule has 5 nitrogen and oxygen atoms in total. The molecule has 1 atom stereocenters. The van der Waals surface area contributed by atoms with Crippen LogP contribution in [0.15, 0.2) is 18.2 Å². The number of ether oxygens (including phenoxy) is 1. The molecule has 0 bridgehead atoms. The van der Waals surface area contributed by atoms with Crippen LogP contribution in [0.3, 0.4) is 0 Å². The number of halogens is 3. The molecular weight excluding hydrogens is 381 g/mol. The third-order valence-corrected chi connectivity index (χ3v) is 6.67. The average molecular weight is 404 g/mol. The number of fused-ring (bicyclic) bond motifs is 1. The maximum absolute atomic E-state index is 12.7. The van der Waals surface area contributed by atoms with E-state index < -0.39 is 34.2 Å². The molecule has 0 radical (unpaired) electrons. The van der Waals surface area contributed by atoms with Crippen LogP contribution in [0.5, 0.6) is 5.75 Å². The van der Waals surface area contributed by atoms with Gasteiger partial charge >= 0.3 is 6.18 Å². The molecule has 0 aliphatic carbocycles. The number of aryl methyl sites for hydroxylation is 1. The molecule has 0 saturated heterocycles. The summed E-state index contributed by atoms with van der Waals surface area (Å²) >= 11 is 0. The van der Waals surface area contributed by atoms with Crippen molar-refractivity contribution in [1.29, 1.82) is 5.26 Å². The molecule has 27 heavy (non-hydrogen) atoms. The Morgan fingerprint density at radius 2 is 2.04 bits per heavy atom. The van der Waals surface area contributed by atoms with E-state index in [1.165, 1.54) is 13.0 Å². The smallest absolute Gasteiger partial charge is 0.389 e. The number of alkyl halides is 3. The van der Waals surface area contributed by atoms with Gasteiger partial charge in [-0.15, -0.1) is 0 Å². The highest BCUT2D eigenvalue weighted by Gasteiger charge is 2.37. The Labute approximate surface area is 157 Å². The molecule has 0 N–H and O–H groups in total. The summed E-state index contributed by atoms with van der Waals surface area (Å²) in [5.74, 6) is 0.286. The van der Waals surface area contributed by atoms with Gasteiger partial charge in [0, 0.05) is 12.2 Å². The first-order chi connectivity index (χ1) is 12.4. The summed E-state index contributed by atoms with van der Waals surface area (Å²) in [6.07, 6.45) is -3.31. The SMILES string of the molecule is CCS(=O)(=O)C(CCC(F)(F)F)N(C#N)c1ccc2c(c1)CCC(C)(C)O2. The summed E-state index contributed by atoms with van der Waals surface area (Å²) < 4.78 is 68.6. The normalized spacial score (nSPS) is 17.4. The van der Waals surface area contributed by atoms with Gasteiger partial charge in [-0.1, -0.05) is 6.92 Å². The molecule has 0 saturated carbocycles. The predicted octanol–water partition coefficient (Wildman–Crippen LogP) is 4.18. The summed E-state index contributed by atoms with van der Waals surface area (Å²) in [4.78, 5) is 0.866. The van der Waals surface area contributed by atoms with Crippen LogP contribution in [0, 0.1) is 11.5 Å². The monoisotopic (exact) mass is 404 g/mol. The lowest BCUT2D eigenvalue weighted by Gasteiger charge is -2.33. The zero-order valence-electron chi connectivity index (χ0n) is 15.5. The number of anilines is 1. The number of nitrogens with zero attached hydrogens (tertiary/aromatic N) is 2. The minimum Gasteiger partial charge on any atom is -0.488 e. The summed E-state index contributed by atoms with van der Waals surface area (Å²) in [7, 11) is -3.91. The minimum absolute atomic E-state index is 0.253. The molecule has 0 amide bonds. The van der Waals surface area contributed by atoms with Gasteiger partial charge in [0.2, 0.25) is 0 Å². The second-order valence-corrected chi connectivity index (χ2v) is 9.63. The van der Waals surface area contributed by atoms with Crippen molar-refractivity contribution < 1.29 is 26.3 Å². The molecule has 1 aliphatic heterocycles. The number of rotatable bonds is 6. The van der Waals surface area contributed by atoms with Gasteiger partial charge < -0.3 is 4.74 Å². The summed E-state index contributed by atoms with van der Waals surface area (Å²) in [5.41, 5.74) is 0.726. The largest absolute Gasteiger partial charge is 0.488 e. The van der Waals surface area contributed by atoms with E-state index in [4.69, 9.17) is 4.74 Å². The van der Waals surface area contributed by atoms with Crippen molar-refractivity contribution >= 4 is 15.5 Å². The van der Waals surface area contributed by atoms with Crippen LogP contribution in [-0.2, 0) is 16.3 Å². The van der Waals surface area contributed by atoms with Crippen LogP contribution >= 0.6 is 0 Å². The van der Waals surface area contributed by atoms with Crippen LogP contribution in [0.1, 0.15) is 45.6 Å². The molecule has 1 aromatic rings. The van der Waals surface area contributed by atoms with Crippen molar-refractivity contribution in [2.45, 2.75) is 63.6 Å². The molecule has 2 rings (SSSR count). The van der Waals surface area contributed by atoms with E-state index in [2.05, 4.69) is 0 Å². The highest BCUT2D eigenvalue weighted by Crippen LogP contribution is 2.36. The standard InChI is InChI=1S/C18H23F3N2O3S/c1-4-27(24,25)16(8-10-18(19,20)21)23(12-22)14-5-6-15-13(11-14)7-9-17(2,3)26-15/h5-6,11,16H,4,7-10H2,1-3H3. The molecule has 1 heterocycles. The van der Waals surface area contributed by atoms with Gasteiger partial charge in [-0.2, -0.15) is 18.4 Å². The van der Waals surface area contributed by atoms with Gasteiger partial charge in [0.15, 0.2) is 16.0 Å². The minimum atomic E-state index is -4.50. The van der Waals surface area contributed by atoms with Crippen LogP contribution in [0.2, 0.25) is 0 Å². The van der Waals surface area contributed by atoms with E-state index in [-0.39, 0.29) is 17.0 Å². The molecule has 0 aromatic heterocycles. The second-order valence-electron chi connectivity index (χ2n) is 7.18. The van der Waals surface area contributed by atoms with Crippen molar-refractivity contribution in [3.05, 3.63) is 23.8 Å². The zero-order chi connectivity index (χ0) is 20.5. The first-order valence-corrected chi connectivity index (χ1v) is 10.4. The molecule has 0 fully saturated rings. The summed E-state index contributed by atoms with van der Waals surface area (Å²) in [6, 6.07) is 4.77. The van der Waals surface area contributed by atoms with E-state index in [1.807, 2.05) is 13.8 Å². The van der Waals surface area contributed by atoms with Gasteiger partial charge in [0.1, 0.15) is 16.7 Å². The van der Waals surface area contributed by atoms with Crippen molar-refractivity contribution in [3.8, 4) is 11.9 Å². The van der Waals surface area contributed by atoms with Crippen molar-refractivity contribution in [2.75, 3.05) is 10.7 Å². The molecule has 9 heteroatoms. The third-order valence-electron chi connectivity index (χ3n) is 4.59. The molecule has 1 aromatic carbocycles. The van der Waals surface area contributed by atoms with Crippen molar-refractivity contribution in [2.24, 2.45) is 0 Å². The maximum atomic E-state index is 12.7. The topological polar surface area (TPSA) is 70.4 Å². The van der Waals surface area contributed by atoms with Crippen LogP contribution in [0.4, 0.5) is 18.9 Å². The lowest BCUT2D eigenvalue weighted by molar-refractivity contribution is -0.135. The third kappa shape index (κ3) is 5.28. The highest BCUT2D eigenvalue weighted by atomic mass is 32.2. The van der Waals surface area contributed by atoms with Crippen LogP contribution in [-0.4, -0.2) is 31.3 Å². The average Bonchev–Trinajstić information content (AvgIpc) is 2.56. The number of hydrogen-bond acceptors (Lipinski definition) is 5. The van der Waals surface area contributed by atoms with Gasteiger partial charge in [0.25, 0.3) is 0 Å². The fraction of sp³-hybridized carbons (Fsp3) is 0.611.